The third kappa shape index (κ3) is 6.57. The van der Waals surface area contributed by atoms with Crippen molar-refractivity contribution in [2.45, 2.75) is 18.7 Å². The van der Waals surface area contributed by atoms with Crippen molar-refractivity contribution in [3.05, 3.63) is 84.2 Å². The molecular weight excluding hydrogens is 475 g/mol. The van der Waals surface area contributed by atoms with Crippen LogP contribution in [0.3, 0.4) is 0 Å². The minimum atomic E-state index is -4.19. The van der Waals surface area contributed by atoms with E-state index in [1.54, 1.807) is 19.1 Å². The fraction of sp³-hybridized carbons (Fsp3) is 0.200. The molecule has 3 aromatic rings. The highest BCUT2D eigenvalue weighted by Crippen LogP contribution is 2.26. The summed E-state index contributed by atoms with van der Waals surface area (Å²) in [6.45, 7) is 3.52. The average molecular weight is 501 g/mol. The Balaban J connectivity index is 1.88. The number of hydrogen-bond acceptors (Lipinski definition) is 6. The summed E-state index contributed by atoms with van der Waals surface area (Å²) >= 11 is 0. The maximum Gasteiger partial charge on any atom is 0.338 e. The number of amides is 1. The first-order valence-corrected chi connectivity index (χ1v) is 12.3. The van der Waals surface area contributed by atoms with Gasteiger partial charge < -0.3 is 14.8 Å². The first kappa shape index (κ1) is 25.7. The average Bonchev–Trinajstić information content (AvgIpc) is 2.84. The van der Waals surface area contributed by atoms with Crippen molar-refractivity contribution in [2.75, 3.05) is 29.4 Å². The number of rotatable bonds is 10. The molecule has 0 aliphatic rings. The van der Waals surface area contributed by atoms with Crippen LogP contribution < -0.4 is 14.4 Å². The van der Waals surface area contributed by atoms with Gasteiger partial charge in [0, 0.05) is 5.69 Å². The summed E-state index contributed by atoms with van der Waals surface area (Å²) in [5, 5.41) is 2.59. The first-order valence-electron chi connectivity index (χ1n) is 10.8. The number of carbonyl (C=O) groups excluding carboxylic acids is 2. The van der Waals surface area contributed by atoms with Gasteiger partial charge in [-0.1, -0.05) is 6.07 Å². The van der Waals surface area contributed by atoms with Crippen LogP contribution in [0.5, 0.6) is 5.75 Å². The van der Waals surface area contributed by atoms with E-state index in [1.807, 2.05) is 6.92 Å². The maximum absolute atomic E-state index is 13.5. The molecule has 184 valence electrons. The van der Waals surface area contributed by atoms with E-state index in [0.717, 1.165) is 16.4 Å². The summed E-state index contributed by atoms with van der Waals surface area (Å²) in [6, 6.07) is 16.6. The molecule has 8 nitrogen and oxygen atoms in total. The van der Waals surface area contributed by atoms with Gasteiger partial charge in [-0.05, 0) is 80.6 Å². The number of hydrogen-bond donors (Lipinski definition) is 1. The number of sulfonamides is 1. The lowest BCUT2D eigenvalue weighted by Crippen LogP contribution is -2.38. The second kappa shape index (κ2) is 11.5. The van der Waals surface area contributed by atoms with E-state index < -0.39 is 34.3 Å². The van der Waals surface area contributed by atoms with Crippen LogP contribution in [0.2, 0.25) is 0 Å². The highest BCUT2D eigenvalue weighted by molar-refractivity contribution is 7.92. The number of ether oxygens (including phenoxy) is 2. The van der Waals surface area contributed by atoms with Gasteiger partial charge in [-0.3, -0.25) is 9.10 Å². The van der Waals surface area contributed by atoms with Gasteiger partial charge in [0.05, 0.1) is 29.4 Å². The smallest absolute Gasteiger partial charge is 0.338 e. The van der Waals surface area contributed by atoms with Gasteiger partial charge in [0.1, 0.15) is 18.1 Å². The third-order valence-electron chi connectivity index (χ3n) is 4.78. The van der Waals surface area contributed by atoms with E-state index in [4.69, 9.17) is 9.47 Å². The van der Waals surface area contributed by atoms with Crippen LogP contribution in [0.1, 0.15) is 24.2 Å². The molecular formula is C25H25FN2O6S. The third-order valence-corrected chi connectivity index (χ3v) is 6.57. The Labute approximate surface area is 203 Å². The van der Waals surface area contributed by atoms with Crippen molar-refractivity contribution < 1.29 is 31.9 Å². The fourth-order valence-corrected chi connectivity index (χ4v) is 4.61. The van der Waals surface area contributed by atoms with E-state index in [9.17, 15) is 22.4 Å². The number of carbonyl (C=O) groups is 2. The molecule has 0 fully saturated rings. The first-order chi connectivity index (χ1) is 16.7. The summed E-state index contributed by atoms with van der Waals surface area (Å²) in [7, 11) is -4.19. The largest absolute Gasteiger partial charge is 0.494 e. The van der Waals surface area contributed by atoms with Crippen molar-refractivity contribution in [2.24, 2.45) is 0 Å². The van der Waals surface area contributed by atoms with Gasteiger partial charge in [-0.25, -0.2) is 17.6 Å². The fourth-order valence-electron chi connectivity index (χ4n) is 3.19. The van der Waals surface area contributed by atoms with E-state index in [0.29, 0.717) is 12.4 Å². The minimum Gasteiger partial charge on any atom is -0.494 e. The molecule has 0 aliphatic carbocycles. The van der Waals surface area contributed by atoms with Crippen LogP contribution in [0.4, 0.5) is 15.8 Å². The monoisotopic (exact) mass is 500 g/mol. The molecule has 35 heavy (non-hydrogen) atoms. The second-order valence-corrected chi connectivity index (χ2v) is 9.10. The van der Waals surface area contributed by atoms with Crippen LogP contribution in [0.25, 0.3) is 0 Å². The zero-order valence-corrected chi connectivity index (χ0v) is 20.0. The molecule has 0 heterocycles. The van der Waals surface area contributed by atoms with E-state index in [-0.39, 0.29) is 28.4 Å². The number of anilines is 2. The molecule has 0 unspecified atom stereocenters. The van der Waals surface area contributed by atoms with Crippen molar-refractivity contribution in [1.82, 2.24) is 0 Å². The summed E-state index contributed by atoms with van der Waals surface area (Å²) in [5.74, 6) is -1.26. The molecule has 0 radical (unpaired) electrons. The maximum atomic E-state index is 13.5. The number of halogens is 1. The topological polar surface area (TPSA) is 102 Å². The van der Waals surface area contributed by atoms with Crippen molar-refractivity contribution >= 4 is 33.3 Å². The highest BCUT2D eigenvalue weighted by Gasteiger charge is 2.27. The van der Waals surface area contributed by atoms with Crippen LogP contribution in [-0.2, 0) is 19.6 Å². The van der Waals surface area contributed by atoms with Gasteiger partial charge >= 0.3 is 5.97 Å². The lowest BCUT2D eigenvalue weighted by atomic mass is 10.2. The molecule has 0 saturated carbocycles. The molecule has 0 bridgehead atoms. The van der Waals surface area contributed by atoms with Gasteiger partial charge in [-0.15, -0.1) is 0 Å². The Kier molecular flexibility index (Phi) is 8.43. The van der Waals surface area contributed by atoms with Crippen LogP contribution in [0.15, 0.2) is 77.7 Å². The Morgan fingerprint density at radius 3 is 2.26 bits per heavy atom. The summed E-state index contributed by atoms with van der Waals surface area (Å²) in [5.41, 5.74) is 0.635. The summed E-state index contributed by atoms with van der Waals surface area (Å²) in [6.07, 6.45) is 0. The molecule has 0 spiro atoms. The predicted octanol–water partition coefficient (Wildman–Crippen LogP) is 4.24. The Hall–Kier alpha value is -3.92. The Morgan fingerprint density at radius 2 is 1.63 bits per heavy atom. The molecule has 1 amide bonds. The zero-order chi connectivity index (χ0) is 25.4. The Morgan fingerprint density at radius 1 is 0.943 bits per heavy atom. The molecule has 0 atom stereocenters. The number of nitrogens with zero attached hydrogens (tertiary/aromatic N) is 1. The lowest BCUT2D eigenvalue weighted by Gasteiger charge is -2.24. The van der Waals surface area contributed by atoms with Crippen molar-refractivity contribution in [3.63, 3.8) is 0 Å². The quantitative estimate of drug-likeness (QED) is 0.418. The number of esters is 1. The predicted molar refractivity (Wildman–Crippen MR) is 130 cm³/mol. The highest BCUT2D eigenvalue weighted by atomic mass is 32.2. The molecule has 3 aromatic carbocycles. The molecule has 0 saturated heterocycles. The van der Waals surface area contributed by atoms with Crippen LogP contribution in [-0.4, -0.2) is 40.1 Å². The Bertz CT molecular complexity index is 1280. The van der Waals surface area contributed by atoms with E-state index in [2.05, 4.69) is 5.32 Å². The van der Waals surface area contributed by atoms with Gasteiger partial charge in [0.25, 0.3) is 10.0 Å². The van der Waals surface area contributed by atoms with Gasteiger partial charge in [-0.2, -0.15) is 0 Å². The summed E-state index contributed by atoms with van der Waals surface area (Å²) < 4.78 is 51.6. The molecule has 3 rings (SSSR count). The van der Waals surface area contributed by atoms with E-state index >= 15 is 0 Å². The van der Waals surface area contributed by atoms with Crippen molar-refractivity contribution in [3.8, 4) is 5.75 Å². The molecule has 10 heteroatoms. The standard InChI is InChI=1S/C25H25FN2O6S/c1-3-33-22-12-14-23(15-13-22)35(31,32)28(21-10-8-19(26)9-11-21)17-24(29)27-20-7-5-6-18(16-20)25(30)34-4-2/h5-16H,3-4,17H2,1-2H3,(H,27,29). The number of benzene rings is 3. The lowest BCUT2D eigenvalue weighted by molar-refractivity contribution is -0.114. The zero-order valence-electron chi connectivity index (χ0n) is 19.2. The van der Waals surface area contributed by atoms with E-state index in [1.165, 1.54) is 48.5 Å². The van der Waals surface area contributed by atoms with Gasteiger partial charge in [0.2, 0.25) is 5.91 Å². The second-order valence-electron chi connectivity index (χ2n) is 7.24. The van der Waals surface area contributed by atoms with Crippen LogP contribution >= 0.6 is 0 Å². The number of nitrogens with one attached hydrogen (secondary N) is 1. The van der Waals surface area contributed by atoms with Gasteiger partial charge in [0.15, 0.2) is 0 Å². The van der Waals surface area contributed by atoms with Crippen molar-refractivity contribution in [1.29, 1.82) is 0 Å². The SMILES string of the molecule is CCOC(=O)c1cccc(NC(=O)CN(c2ccc(F)cc2)S(=O)(=O)c2ccc(OCC)cc2)c1. The normalized spacial score (nSPS) is 10.9. The van der Waals surface area contributed by atoms with Crippen LogP contribution in [0, 0.1) is 5.82 Å². The molecule has 1 N–H and O–H groups in total. The summed E-state index contributed by atoms with van der Waals surface area (Å²) in [4.78, 5) is 24.8. The minimum absolute atomic E-state index is 0.0672. The molecule has 0 aromatic heterocycles. The molecule has 0 aliphatic heterocycles.